The molecule has 0 radical (unpaired) electrons. The molecule has 0 spiro atoms. The number of aliphatic hydroxyl groups excluding tert-OH is 1. The molecule has 2 aromatic carbocycles. The first-order chi connectivity index (χ1) is 15.8. The van der Waals surface area contributed by atoms with E-state index in [1.54, 1.807) is 30.3 Å². The van der Waals surface area contributed by atoms with Crippen LogP contribution in [-0.2, 0) is 16.0 Å². The fourth-order valence-electron chi connectivity index (χ4n) is 4.34. The van der Waals surface area contributed by atoms with Crippen molar-refractivity contribution in [2.75, 3.05) is 4.90 Å². The Morgan fingerprint density at radius 2 is 1.85 bits per heavy atom. The molecule has 2 aliphatic rings. The molecule has 8 heteroatoms. The van der Waals surface area contributed by atoms with Crippen molar-refractivity contribution in [3.05, 3.63) is 94.8 Å². The van der Waals surface area contributed by atoms with E-state index in [4.69, 9.17) is 4.74 Å². The number of carbonyl (C=O) groups excluding carboxylic acids is 2. The fourth-order valence-corrected chi connectivity index (χ4v) is 4.34. The maximum Gasteiger partial charge on any atom is 0.300 e. The Balaban J connectivity index is 1.70. The lowest BCUT2D eigenvalue weighted by molar-refractivity contribution is -0.132. The van der Waals surface area contributed by atoms with Crippen molar-refractivity contribution in [3.63, 3.8) is 0 Å². The van der Waals surface area contributed by atoms with E-state index in [1.807, 2.05) is 6.92 Å². The van der Waals surface area contributed by atoms with Crippen LogP contribution in [0.4, 0.5) is 14.5 Å². The Bertz CT molecular complexity index is 1320. The summed E-state index contributed by atoms with van der Waals surface area (Å²) >= 11 is 0. The first kappa shape index (κ1) is 20.8. The van der Waals surface area contributed by atoms with Crippen LogP contribution in [0.25, 0.3) is 5.76 Å². The third-order valence-corrected chi connectivity index (χ3v) is 5.80. The number of anilines is 1. The molecule has 166 valence electrons. The molecule has 1 saturated heterocycles. The van der Waals surface area contributed by atoms with Gasteiger partial charge in [0.1, 0.15) is 29.2 Å². The monoisotopic (exact) mass is 448 g/mol. The molecular weight excluding hydrogens is 430 g/mol. The predicted molar refractivity (Wildman–Crippen MR) is 116 cm³/mol. The number of halogens is 2. The minimum absolute atomic E-state index is 0.0127. The molecule has 1 amide bonds. The van der Waals surface area contributed by atoms with Gasteiger partial charge in [-0.2, -0.15) is 0 Å². The summed E-state index contributed by atoms with van der Waals surface area (Å²) in [6.07, 6.45) is 3.55. The highest BCUT2D eigenvalue weighted by Gasteiger charge is 2.47. The highest BCUT2D eigenvalue weighted by Crippen LogP contribution is 2.43. The second kappa shape index (κ2) is 7.81. The van der Waals surface area contributed by atoms with Gasteiger partial charge < -0.3 is 9.84 Å². The van der Waals surface area contributed by atoms with Gasteiger partial charge in [0.15, 0.2) is 0 Å². The van der Waals surface area contributed by atoms with E-state index >= 15 is 0 Å². The third kappa shape index (κ3) is 3.44. The molecule has 1 N–H and O–H groups in total. The minimum Gasteiger partial charge on any atom is -0.507 e. The number of aromatic nitrogens is 1. The smallest absolute Gasteiger partial charge is 0.300 e. The molecule has 1 aromatic heterocycles. The average molecular weight is 448 g/mol. The lowest BCUT2D eigenvalue weighted by Crippen LogP contribution is -2.30. The van der Waals surface area contributed by atoms with Crippen molar-refractivity contribution in [3.8, 4) is 5.75 Å². The number of benzene rings is 2. The molecular formula is C25H18F2N2O4. The number of fused-ring (bicyclic) bond motifs is 1. The number of pyridine rings is 1. The van der Waals surface area contributed by atoms with Gasteiger partial charge in [0.25, 0.3) is 11.7 Å². The Labute approximate surface area is 187 Å². The SMILES string of the molecule is CC1Cc2cc(/C(O)=C3/C(=O)C(=O)N(c4ccc(F)cc4F)C3c3ccncc3)ccc2O1. The molecule has 6 nitrogen and oxygen atoms in total. The second-order valence-corrected chi connectivity index (χ2v) is 8.00. The normalized spacial score (nSPS) is 21.2. The van der Waals surface area contributed by atoms with Crippen molar-refractivity contribution >= 4 is 23.1 Å². The number of hydrogen-bond donors (Lipinski definition) is 1. The van der Waals surface area contributed by atoms with Crippen molar-refractivity contribution in [2.24, 2.45) is 0 Å². The fraction of sp³-hybridized carbons (Fsp3) is 0.160. The zero-order valence-corrected chi connectivity index (χ0v) is 17.5. The molecule has 0 bridgehead atoms. The largest absolute Gasteiger partial charge is 0.507 e. The highest BCUT2D eigenvalue weighted by atomic mass is 19.1. The standard InChI is InChI=1S/C25H18F2N2O4/c1-13-10-16-11-15(2-5-20(16)33-13)23(30)21-22(14-6-8-28-9-7-14)29(25(32)24(21)31)19-4-3-17(26)12-18(19)27/h2-9,11-13,22,30H,10H2,1H3/b23-21-. The number of nitrogens with zero attached hydrogens (tertiary/aromatic N) is 2. The number of amides is 1. The van der Waals surface area contributed by atoms with Crippen LogP contribution in [0.1, 0.15) is 29.7 Å². The van der Waals surface area contributed by atoms with E-state index in [9.17, 15) is 23.5 Å². The number of hydrogen-bond acceptors (Lipinski definition) is 5. The Kier molecular flexibility index (Phi) is 4.92. The third-order valence-electron chi connectivity index (χ3n) is 5.80. The zero-order chi connectivity index (χ0) is 23.3. The van der Waals surface area contributed by atoms with Gasteiger partial charge in [-0.25, -0.2) is 8.78 Å². The molecule has 3 aromatic rings. The Morgan fingerprint density at radius 3 is 2.58 bits per heavy atom. The molecule has 1 fully saturated rings. The maximum atomic E-state index is 14.7. The topological polar surface area (TPSA) is 79.7 Å². The maximum absolute atomic E-state index is 14.7. The van der Waals surface area contributed by atoms with Gasteiger partial charge in [0, 0.05) is 30.4 Å². The average Bonchev–Trinajstić information content (AvgIpc) is 3.30. The number of aliphatic hydroxyl groups is 1. The quantitative estimate of drug-likeness (QED) is 0.367. The first-order valence-electron chi connectivity index (χ1n) is 10.3. The van der Waals surface area contributed by atoms with Crippen LogP contribution in [0.15, 0.2) is 66.5 Å². The van der Waals surface area contributed by atoms with Crippen molar-refractivity contribution < 1.29 is 28.2 Å². The number of ketones is 1. The lowest BCUT2D eigenvalue weighted by atomic mass is 9.95. The van der Waals surface area contributed by atoms with E-state index in [1.165, 1.54) is 12.4 Å². The van der Waals surface area contributed by atoms with Gasteiger partial charge in [-0.05, 0) is 60.5 Å². The van der Waals surface area contributed by atoms with E-state index in [2.05, 4.69) is 4.98 Å². The van der Waals surface area contributed by atoms with Gasteiger partial charge in [0.05, 0.1) is 17.3 Å². The number of carbonyl (C=O) groups is 2. The Hall–Kier alpha value is -4.07. The molecule has 0 saturated carbocycles. The molecule has 2 atom stereocenters. The summed E-state index contributed by atoms with van der Waals surface area (Å²) in [6, 6.07) is 9.75. The van der Waals surface area contributed by atoms with E-state index < -0.39 is 29.4 Å². The van der Waals surface area contributed by atoms with E-state index in [-0.39, 0.29) is 23.1 Å². The van der Waals surface area contributed by atoms with Crippen LogP contribution < -0.4 is 9.64 Å². The number of rotatable bonds is 3. The van der Waals surface area contributed by atoms with E-state index in [0.717, 1.165) is 22.6 Å². The summed E-state index contributed by atoms with van der Waals surface area (Å²) in [5.41, 5.74) is 1.18. The number of ether oxygens (including phenoxy) is 1. The van der Waals surface area contributed by atoms with Crippen LogP contribution in [0.3, 0.4) is 0 Å². The summed E-state index contributed by atoms with van der Waals surface area (Å²) in [6.45, 7) is 1.92. The number of Topliss-reactive ketones (excluding diaryl/α,β-unsaturated/α-hetero) is 1. The minimum atomic E-state index is -1.13. The molecule has 33 heavy (non-hydrogen) atoms. The lowest BCUT2D eigenvalue weighted by Gasteiger charge is -2.25. The summed E-state index contributed by atoms with van der Waals surface area (Å²) in [7, 11) is 0. The van der Waals surface area contributed by atoms with Gasteiger partial charge in [-0.3, -0.25) is 19.5 Å². The van der Waals surface area contributed by atoms with Crippen molar-refractivity contribution in [2.45, 2.75) is 25.5 Å². The summed E-state index contributed by atoms with van der Waals surface area (Å²) in [4.78, 5) is 31.0. The van der Waals surface area contributed by atoms with Crippen LogP contribution >= 0.6 is 0 Å². The van der Waals surface area contributed by atoms with Gasteiger partial charge in [0.2, 0.25) is 0 Å². The van der Waals surface area contributed by atoms with Crippen LogP contribution in [0.5, 0.6) is 5.75 Å². The molecule has 5 rings (SSSR count). The first-order valence-corrected chi connectivity index (χ1v) is 10.3. The van der Waals surface area contributed by atoms with E-state index in [0.29, 0.717) is 29.4 Å². The molecule has 3 heterocycles. The zero-order valence-electron chi connectivity index (χ0n) is 17.5. The van der Waals surface area contributed by atoms with Crippen LogP contribution in [0.2, 0.25) is 0 Å². The summed E-state index contributed by atoms with van der Waals surface area (Å²) in [5, 5.41) is 11.2. The van der Waals surface area contributed by atoms with Crippen molar-refractivity contribution in [1.29, 1.82) is 0 Å². The van der Waals surface area contributed by atoms with Gasteiger partial charge in [-0.15, -0.1) is 0 Å². The summed E-state index contributed by atoms with van der Waals surface area (Å²) in [5.74, 6) is -3.51. The molecule has 2 aliphatic heterocycles. The second-order valence-electron chi connectivity index (χ2n) is 8.00. The molecule has 0 aliphatic carbocycles. The highest BCUT2D eigenvalue weighted by molar-refractivity contribution is 6.51. The van der Waals surface area contributed by atoms with Gasteiger partial charge >= 0.3 is 0 Å². The predicted octanol–water partition coefficient (Wildman–Crippen LogP) is 4.31. The van der Waals surface area contributed by atoms with Crippen LogP contribution in [0, 0.1) is 11.6 Å². The molecule has 2 unspecified atom stereocenters. The van der Waals surface area contributed by atoms with Crippen molar-refractivity contribution in [1.82, 2.24) is 4.98 Å². The van der Waals surface area contributed by atoms with Crippen LogP contribution in [-0.4, -0.2) is 27.9 Å². The Morgan fingerprint density at radius 1 is 1.09 bits per heavy atom. The van der Waals surface area contributed by atoms with Gasteiger partial charge in [-0.1, -0.05) is 0 Å². The summed E-state index contributed by atoms with van der Waals surface area (Å²) < 4.78 is 33.9.